The van der Waals surface area contributed by atoms with Crippen LogP contribution in [-0.4, -0.2) is 19.6 Å². The van der Waals surface area contributed by atoms with Crippen molar-refractivity contribution in [3.05, 3.63) is 46.2 Å². The SMILES string of the molecule is CCC(C)(C)c1cc(-c2bc(C)bc(C(C)=O)c2)cc(C(C)(C)C)c1. The van der Waals surface area contributed by atoms with E-state index >= 15 is 0 Å². The van der Waals surface area contributed by atoms with Crippen LogP contribution >= 0.6 is 0 Å². The molecule has 0 aliphatic rings. The second-order valence-electron chi connectivity index (χ2n) is 8.93. The molecule has 0 bridgehead atoms. The second-order valence-corrected chi connectivity index (χ2v) is 8.93. The van der Waals surface area contributed by atoms with Crippen molar-refractivity contribution in [1.82, 2.24) is 0 Å². The van der Waals surface area contributed by atoms with Gasteiger partial charge in [-0.25, -0.2) is 0 Å². The fourth-order valence-electron chi connectivity index (χ4n) is 2.98. The van der Waals surface area contributed by atoms with Gasteiger partial charge in [-0.2, -0.15) is 0 Å². The molecule has 1 aromatic heterocycles. The average Bonchev–Trinajstić information content (AvgIpc) is 2.53. The molecule has 0 unspecified atom stereocenters. The van der Waals surface area contributed by atoms with Crippen molar-refractivity contribution in [2.45, 2.75) is 72.6 Å². The average molecular weight is 332 g/mol. The van der Waals surface area contributed by atoms with Crippen LogP contribution < -0.4 is 0 Å². The van der Waals surface area contributed by atoms with Crippen LogP contribution in [0.1, 0.15) is 81.6 Å². The number of ketones is 1. The topological polar surface area (TPSA) is 17.1 Å². The molecule has 0 radical (unpaired) electrons. The Labute approximate surface area is 154 Å². The van der Waals surface area contributed by atoms with E-state index in [2.05, 4.69) is 73.6 Å². The van der Waals surface area contributed by atoms with Gasteiger partial charge in [0.1, 0.15) is 0 Å². The maximum atomic E-state index is 11.9. The van der Waals surface area contributed by atoms with E-state index < -0.39 is 0 Å². The van der Waals surface area contributed by atoms with Crippen LogP contribution in [0.25, 0.3) is 11.0 Å². The fraction of sp³-hybridized carbons (Fsp3) is 0.500. The molecule has 0 aliphatic carbocycles. The van der Waals surface area contributed by atoms with Crippen molar-refractivity contribution in [2.24, 2.45) is 0 Å². The minimum atomic E-state index is 0.0851. The Hall–Kier alpha value is -1.50. The molecule has 0 N–H and O–H groups in total. The number of hydrogen-bond donors (Lipinski definition) is 0. The van der Waals surface area contributed by atoms with Gasteiger partial charge < -0.3 is 0 Å². The third kappa shape index (κ3) is 4.57. The number of carbonyl (C=O) groups excluding carboxylic acids is 1. The monoisotopic (exact) mass is 332 g/mol. The van der Waals surface area contributed by atoms with Crippen LogP contribution in [0.15, 0.2) is 24.3 Å². The molecular weight excluding hydrogens is 302 g/mol. The molecule has 2 rings (SSSR count). The molecule has 1 nitrogen and oxygen atoms in total. The summed E-state index contributed by atoms with van der Waals surface area (Å²) in [5.41, 5.74) is 6.04. The molecule has 1 heterocycles. The van der Waals surface area contributed by atoms with E-state index in [0.717, 1.165) is 22.7 Å². The zero-order valence-electron chi connectivity index (χ0n) is 17.1. The zero-order chi connectivity index (χ0) is 19.0. The van der Waals surface area contributed by atoms with E-state index in [1.807, 2.05) is 13.0 Å². The van der Waals surface area contributed by atoms with Crippen LogP contribution in [0.3, 0.4) is 0 Å². The van der Waals surface area contributed by atoms with E-state index in [9.17, 15) is 4.79 Å². The molecule has 0 atom stereocenters. The summed E-state index contributed by atoms with van der Waals surface area (Å²) in [6.45, 7) is 21.4. The summed E-state index contributed by atoms with van der Waals surface area (Å²) in [5, 5.41) is 1.13. The first-order valence-corrected chi connectivity index (χ1v) is 9.23. The van der Waals surface area contributed by atoms with E-state index in [1.165, 1.54) is 16.7 Å². The molecule has 0 amide bonds. The van der Waals surface area contributed by atoms with Crippen LogP contribution in [0.5, 0.6) is 0 Å². The first-order chi connectivity index (χ1) is 11.4. The first-order valence-electron chi connectivity index (χ1n) is 9.23. The van der Waals surface area contributed by atoms with Gasteiger partial charge in [-0.3, -0.25) is 0 Å². The predicted octanol–water partition coefficient (Wildman–Crippen LogP) is 5.53. The summed E-state index contributed by atoms with van der Waals surface area (Å²) in [6, 6.07) is 8.97. The van der Waals surface area contributed by atoms with Crippen LogP contribution in [0, 0.1) is 6.92 Å². The van der Waals surface area contributed by atoms with Gasteiger partial charge in [-0.05, 0) is 0 Å². The van der Waals surface area contributed by atoms with Crippen molar-refractivity contribution in [1.29, 1.82) is 0 Å². The van der Waals surface area contributed by atoms with E-state index in [1.54, 1.807) is 6.92 Å². The van der Waals surface area contributed by atoms with Crippen molar-refractivity contribution in [3.8, 4) is 11.0 Å². The molecule has 3 heteroatoms. The number of benzene rings is 1. The minimum absolute atomic E-state index is 0.0851. The van der Waals surface area contributed by atoms with E-state index in [-0.39, 0.29) is 16.6 Å². The zero-order valence-corrected chi connectivity index (χ0v) is 17.1. The van der Waals surface area contributed by atoms with Gasteiger partial charge in [-0.1, -0.05) is 0 Å². The standard InChI is InChI=1S/C22H30B2O/c1-9-22(7,8)18-11-16(10-17(12-18)21(4,5)6)20-13-19(14(2)25)23-15(3)24-20/h10-13H,9H2,1-8H3. The van der Waals surface area contributed by atoms with Crippen molar-refractivity contribution >= 4 is 19.6 Å². The first kappa shape index (κ1) is 19.8. The Balaban J connectivity index is 2.73. The third-order valence-electron chi connectivity index (χ3n) is 5.28. The van der Waals surface area contributed by atoms with Crippen molar-refractivity contribution in [2.75, 3.05) is 0 Å². The van der Waals surface area contributed by atoms with E-state index in [0.29, 0.717) is 0 Å². The van der Waals surface area contributed by atoms with E-state index in [4.69, 9.17) is 0 Å². The molecule has 25 heavy (non-hydrogen) atoms. The number of Topliss-reactive ketones (excluding diaryl/α,β-unsaturated/α-hetero) is 1. The van der Waals surface area contributed by atoms with Gasteiger partial charge in [0.15, 0.2) is 0 Å². The molecule has 0 fully saturated rings. The van der Waals surface area contributed by atoms with Gasteiger partial charge in [0.05, 0.1) is 0 Å². The quantitative estimate of drug-likeness (QED) is 0.673. The molecule has 0 saturated heterocycles. The van der Waals surface area contributed by atoms with Gasteiger partial charge in [0.25, 0.3) is 0 Å². The van der Waals surface area contributed by atoms with Crippen LogP contribution in [-0.2, 0) is 10.8 Å². The van der Waals surface area contributed by atoms with Gasteiger partial charge in [-0.15, -0.1) is 0 Å². The van der Waals surface area contributed by atoms with Crippen molar-refractivity contribution < 1.29 is 4.79 Å². The Kier molecular flexibility index (Phi) is 5.56. The molecule has 0 spiro atoms. The third-order valence-corrected chi connectivity index (χ3v) is 5.28. The number of aryl methyl sites for hydroxylation is 1. The summed E-state index contributed by atoms with van der Waals surface area (Å²) in [6.07, 6.45) is 1.09. The Morgan fingerprint density at radius 2 is 1.56 bits per heavy atom. The number of carbonyl (C=O) groups is 1. The molecule has 130 valence electrons. The summed E-state index contributed by atoms with van der Waals surface area (Å²) in [5.74, 6) is 0.117. The Morgan fingerprint density at radius 3 is 2.08 bits per heavy atom. The van der Waals surface area contributed by atoms with Crippen LogP contribution in [0.4, 0.5) is 0 Å². The molecular formula is C22H30B2O. The van der Waals surface area contributed by atoms with Gasteiger partial charge in [0, 0.05) is 0 Å². The number of rotatable bonds is 4. The normalized spacial score (nSPS) is 12.0. The van der Waals surface area contributed by atoms with Gasteiger partial charge in [0.2, 0.25) is 0 Å². The summed E-state index contributed by atoms with van der Waals surface area (Å²) in [4.78, 5) is 11.9. The summed E-state index contributed by atoms with van der Waals surface area (Å²) < 4.78 is 0. The Bertz CT molecular complexity index is 798. The molecule has 0 aliphatic heterocycles. The summed E-state index contributed by atoms with van der Waals surface area (Å²) >= 11 is 0. The summed E-state index contributed by atoms with van der Waals surface area (Å²) in [7, 11) is 0. The van der Waals surface area contributed by atoms with Crippen molar-refractivity contribution in [3.63, 3.8) is 0 Å². The maximum absolute atomic E-state index is 11.9. The van der Waals surface area contributed by atoms with Crippen LogP contribution in [0.2, 0.25) is 0 Å². The predicted molar refractivity (Wildman–Crippen MR) is 111 cm³/mol. The molecule has 0 saturated carbocycles. The number of hydrogen-bond acceptors (Lipinski definition) is 1. The molecule has 1 aromatic carbocycles. The van der Waals surface area contributed by atoms with Gasteiger partial charge >= 0.3 is 154 Å². The fourth-order valence-corrected chi connectivity index (χ4v) is 2.98. The molecule has 2 aromatic rings. The second kappa shape index (κ2) is 7.02. The Morgan fingerprint density at radius 1 is 0.960 bits per heavy atom.